The first kappa shape index (κ1) is 23.3. The Balaban J connectivity index is 1.69. The van der Waals surface area contributed by atoms with Gasteiger partial charge in [0.2, 0.25) is 10.0 Å². The van der Waals surface area contributed by atoms with Crippen LogP contribution in [0.2, 0.25) is 0 Å². The number of piperidine rings is 1. The van der Waals surface area contributed by atoms with E-state index in [0.717, 1.165) is 54.7 Å². The van der Waals surface area contributed by atoms with E-state index in [1.165, 1.54) is 0 Å². The summed E-state index contributed by atoms with van der Waals surface area (Å²) in [5.41, 5.74) is 2.73. The largest absolute Gasteiger partial charge is 0.361 e. The fourth-order valence-corrected chi connectivity index (χ4v) is 5.59. The van der Waals surface area contributed by atoms with Crippen LogP contribution in [0.15, 0.2) is 38.7 Å². The molecule has 3 rings (SSSR count). The van der Waals surface area contributed by atoms with Gasteiger partial charge in [-0.05, 0) is 30.9 Å². The Bertz CT molecular complexity index is 973. The van der Waals surface area contributed by atoms with Crippen LogP contribution in [0.3, 0.4) is 0 Å². The van der Waals surface area contributed by atoms with E-state index in [1.54, 1.807) is 23.5 Å². The smallest absolute Gasteiger partial charge is 0.243 e. The normalized spacial score (nSPS) is 15.8. The molecule has 0 unspecified atom stereocenters. The molecule has 1 aromatic carbocycles. The molecule has 2 N–H and O–H groups in total. The molecule has 31 heavy (non-hydrogen) atoms. The van der Waals surface area contributed by atoms with Crippen LogP contribution < -0.4 is 10.6 Å². The fraction of sp³-hybridized carbons (Fsp3) is 0.545. The standard InChI is InChI=1S/C22H33N5O3S/c1-4-19-18(20(5-2)30-26-19)16-25-22(23-3)24-15-17-11-7-8-12-21(17)31(28,29)27-13-9-6-10-14-27/h7-8,11-12H,4-6,9-10,13-16H2,1-3H3,(H2,23,24,25). The molecule has 170 valence electrons. The van der Waals surface area contributed by atoms with Gasteiger partial charge in [0, 0.05) is 45.2 Å². The molecule has 2 heterocycles. The van der Waals surface area contributed by atoms with Crippen molar-refractivity contribution in [2.75, 3.05) is 20.1 Å². The Morgan fingerprint density at radius 2 is 1.81 bits per heavy atom. The zero-order valence-corrected chi connectivity index (χ0v) is 19.5. The van der Waals surface area contributed by atoms with Gasteiger partial charge >= 0.3 is 0 Å². The van der Waals surface area contributed by atoms with E-state index >= 15 is 0 Å². The number of sulfonamides is 1. The van der Waals surface area contributed by atoms with E-state index in [2.05, 4.69) is 20.8 Å². The van der Waals surface area contributed by atoms with Gasteiger partial charge in [0.1, 0.15) is 5.76 Å². The van der Waals surface area contributed by atoms with Crippen molar-refractivity contribution in [2.24, 2.45) is 4.99 Å². The number of guanidine groups is 1. The first-order valence-electron chi connectivity index (χ1n) is 11.0. The maximum Gasteiger partial charge on any atom is 0.243 e. The number of aromatic nitrogens is 1. The molecule has 0 atom stereocenters. The van der Waals surface area contributed by atoms with Crippen LogP contribution in [0.1, 0.15) is 55.7 Å². The highest BCUT2D eigenvalue weighted by atomic mass is 32.2. The Labute approximate surface area is 185 Å². The molecule has 0 bridgehead atoms. The van der Waals surface area contributed by atoms with Crippen LogP contribution in [0.25, 0.3) is 0 Å². The summed E-state index contributed by atoms with van der Waals surface area (Å²) in [5, 5.41) is 10.7. The Morgan fingerprint density at radius 1 is 1.10 bits per heavy atom. The first-order valence-corrected chi connectivity index (χ1v) is 12.4. The average molecular weight is 448 g/mol. The van der Waals surface area contributed by atoms with E-state index < -0.39 is 10.0 Å². The topological polar surface area (TPSA) is 99.8 Å². The summed E-state index contributed by atoms with van der Waals surface area (Å²) in [6.45, 7) is 6.16. The van der Waals surface area contributed by atoms with Crippen molar-refractivity contribution in [3.05, 3.63) is 46.8 Å². The summed E-state index contributed by atoms with van der Waals surface area (Å²) in [5.74, 6) is 1.47. The van der Waals surface area contributed by atoms with Crippen LogP contribution in [-0.2, 0) is 36.0 Å². The lowest BCUT2D eigenvalue weighted by Crippen LogP contribution is -2.38. The molecular formula is C22H33N5O3S. The second-order valence-electron chi connectivity index (χ2n) is 7.59. The van der Waals surface area contributed by atoms with Crippen LogP contribution in [0.5, 0.6) is 0 Å². The second kappa shape index (κ2) is 10.8. The number of rotatable bonds is 8. The third kappa shape index (κ3) is 5.46. The van der Waals surface area contributed by atoms with E-state index in [4.69, 9.17) is 4.52 Å². The molecule has 0 aliphatic carbocycles. The molecule has 0 saturated carbocycles. The van der Waals surface area contributed by atoms with Crippen LogP contribution in [0.4, 0.5) is 0 Å². The molecule has 2 aromatic rings. The lowest BCUT2D eigenvalue weighted by atomic mass is 10.1. The van der Waals surface area contributed by atoms with Crippen molar-refractivity contribution in [1.29, 1.82) is 0 Å². The number of hydrogen-bond donors (Lipinski definition) is 2. The highest BCUT2D eigenvalue weighted by Gasteiger charge is 2.27. The minimum Gasteiger partial charge on any atom is -0.361 e. The Hall–Kier alpha value is -2.39. The summed E-state index contributed by atoms with van der Waals surface area (Å²) in [6.07, 6.45) is 4.49. The van der Waals surface area contributed by atoms with Gasteiger partial charge in [-0.25, -0.2) is 8.42 Å². The zero-order valence-electron chi connectivity index (χ0n) is 18.6. The summed E-state index contributed by atoms with van der Waals surface area (Å²) in [6, 6.07) is 7.18. The maximum absolute atomic E-state index is 13.2. The highest BCUT2D eigenvalue weighted by molar-refractivity contribution is 7.89. The van der Waals surface area contributed by atoms with Crippen LogP contribution in [0, 0.1) is 0 Å². The van der Waals surface area contributed by atoms with Crippen LogP contribution in [-0.4, -0.2) is 44.0 Å². The lowest BCUT2D eigenvalue weighted by Gasteiger charge is -2.27. The molecule has 1 aliphatic rings. The van der Waals surface area contributed by atoms with Gasteiger partial charge in [0.15, 0.2) is 5.96 Å². The average Bonchev–Trinajstić information content (AvgIpc) is 3.22. The molecule has 8 nitrogen and oxygen atoms in total. The van der Waals surface area contributed by atoms with Crippen LogP contribution >= 0.6 is 0 Å². The van der Waals surface area contributed by atoms with Crippen molar-refractivity contribution >= 4 is 16.0 Å². The molecule has 1 aliphatic heterocycles. The highest BCUT2D eigenvalue weighted by Crippen LogP contribution is 2.23. The zero-order chi connectivity index (χ0) is 22.3. The molecule has 1 saturated heterocycles. The molecule has 1 fully saturated rings. The van der Waals surface area contributed by atoms with Gasteiger partial charge in [0.25, 0.3) is 0 Å². The predicted molar refractivity (Wildman–Crippen MR) is 121 cm³/mol. The van der Waals surface area contributed by atoms with Crippen molar-refractivity contribution < 1.29 is 12.9 Å². The third-order valence-electron chi connectivity index (χ3n) is 5.61. The Kier molecular flexibility index (Phi) is 8.09. The molecular weight excluding hydrogens is 414 g/mol. The third-order valence-corrected chi connectivity index (χ3v) is 7.61. The SMILES string of the molecule is CCc1noc(CC)c1CNC(=NC)NCc1ccccc1S(=O)(=O)N1CCCCC1. The summed E-state index contributed by atoms with van der Waals surface area (Å²) < 4.78 is 33.4. The minimum atomic E-state index is -3.50. The van der Waals surface area contributed by atoms with E-state index in [0.29, 0.717) is 37.0 Å². The number of aliphatic imine (C=N–C) groups is 1. The van der Waals surface area contributed by atoms with Crippen molar-refractivity contribution in [2.45, 2.75) is 63.9 Å². The van der Waals surface area contributed by atoms with E-state index in [-0.39, 0.29) is 0 Å². The number of hydrogen-bond acceptors (Lipinski definition) is 5. The second-order valence-corrected chi connectivity index (χ2v) is 9.50. The quantitative estimate of drug-likeness (QED) is 0.477. The molecule has 0 spiro atoms. The van der Waals surface area contributed by atoms with Gasteiger partial charge in [0.05, 0.1) is 10.6 Å². The van der Waals surface area contributed by atoms with Gasteiger partial charge in [-0.15, -0.1) is 0 Å². The van der Waals surface area contributed by atoms with Crippen molar-refractivity contribution in [3.8, 4) is 0 Å². The fourth-order valence-electron chi connectivity index (χ4n) is 3.86. The number of aryl methyl sites for hydroxylation is 2. The number of nitrogens with zero attached hydrogens (tertiary/aromatic N) is 3. The van der Waals surface area contributed by atoms with Crippen molar-refractivity contribution in [1.82, 2.24) is 20.1 Å². The predicted octanol–water partition coefficient (Wildman–Crippen LogP) is 2.84. The Morgan fingerprint density at radius 3 is 2.48 bits per heavy atom. The molecule has 9 heteroatoms. The summed E-state index contributed by atoms with van der Waals surface area (Å²) in [7, 11) is -1.81. The summed E-state index contributed by atoms with van der Waals surface area (Å²) in [4.78, 5) is 4.64. The van der Waals surface area contributed by atoms with E-state index in [9.17, 15) is 8.42 Å². The molecule has 1 aromatic heterocycles. The van der Waals surface area contributed by atoms with Gasteiger partial charge in [-0.3, -0.25) is 4.99 Å². The first-order chi connectivity index (χ1) is 15.0. The van der Waals surface area contributed by atoms with Gasteiger partial charge in [-0.1, -0.05) is 43.6 Å². The summed E-state index contributed by atoms with van der Waals surface area (Å²) >= 11 is 0. The van der Waals surface area contributed by atoms with E-state index in [1.807, 2.05) is 26.0 Å². The van der Waals surface area contributed by atoms with Gasteiger partial charge < -0.3 is 15.2 Å². The van der Waals surface area contributed by atoms with Crippen molar-refractivity contribution in [3.63, 3.8) is 0 Å². The van der Waals surface area contributed by atoms with Gasteiger partial charge in [-0.2, -0.15) is 4.31 Å². The maximum atomic E-state index is 13.2. The number of nitrogens with one attached hydrogen (secondary N) is 2. The molecule has 0 amide bonds. The molecule has 0 radical (unpaired) electrons. The monoisotopic (exact) mass is 447 g/mol. The number of benzene rings is 1. The minimum absolute atomic E-state index is 0.355. The lowest BCUT2D eigenvalue weighted by molar-refractivity contribution is 0.346.